The topological polar surface area (TPSA) is 157 Å². The number of fused-ring (bicyclic) bond motifs is 2. The van der Waals surface area contributed by atoms with Crippen molar-refractivity contribution in [3.8, 4) is 0 Å². The van der Waals surface area contributed by atoms with Crippen LogP contribution in [0.1, 0.15) is 12.8 Å². The van der Waals surface area contributed by atoms with E-state index in [9.17, 15) is 34.9 Å². The summed E-state index contributed by atoms with van der Waals surface area (Å²) >= 11 is 0. The molecule has 1 unspecified atom stereocenters. The van der Waals surface area contributed by atoms with Gasteiger partial charge in [-0.1, -0.05) is 0 Å². The van der Waals surface area contributed by atoms with Crippen LogP contribution in [0, 0.1) is 20.2 Å². The molecule has 0 aromatic carbocycles. The van der Waals surface area contributed by atoms with Crippen LogP contribution in [0.15, 0.2) is 11.6 Å². The number of rotatable bonds is 5. The third-order valence-corrected chi connectivity index (χ3v) is 4.33. The molecule has 1 saturated heterocycles. The van der Waals surface area contributed by atoms with Crippen molar-refractivity contribution in [3.05, 3.63) is 31.9 Å². The monoisotopic (exact) mass is 329 g/mol. The quantitative estimate of drug-likeness (QED) is 0.310. The van der Waals surface area contributed by atoms with Crippen LogP contribution < -0.4 is 10.0 Å². The van der Waals surface area contributed by atoms with Gasteiger partial charge in [-0.25, -0.2) is 4.79 Å². The Morgan fingerprint density at radius 3 is 2.43 bits per heavy atom. The van der Waals surface area contributed by atoms with E-state index >= 15 is 0 Å². The van der Waals surface area contributed by atoms with Crippen LogP contribution in [-0.4, -0.2) is 59.6 Å². The van der Waals surface area contributed by atoms with E-state index in [0.29, 0.717) is 0 Å². The Morgan fingerprint density at radius 1 is 1.30 bits per heavy atom. The van der Waals surface area contributed by atoms with Crippen LogP contribution in [0.2, 0.25) is 0 Å². The predicted molar refractivity (Wildman–Crippen MR) is 69.4 cm³/mol. The van der Waals surface area contributed by atoms with Crippen LogP contribution in [0.4, 0.5) is 0 Å². The molecule has 11 heteroatoms. The summed E-state index contributed by atoms with van der Waals surface area (Å²) in [6.45, 7) is -1.09. The molecule has 0 radical (unpaired) electrons. The Morgan fingerprint density at radius 2 is 1.96 bits per heavy atom. The molecule has 3 atom stereocenters. The molecule has 2 aliphatic rings. The molecule has 126 valence electrons. The molecule has 0 aromatic heterocycles. The number of nitro groups is 2. The molecular weight excluding hydrogens is 314 g/mol. The number of piperidine rings is 1. The van der Waals surface area contributed by atoms with E-state index < -0.39 is 45.8 Å². The highest BCUT2D eigenvalue weighted by atomic mass is 16.6. The summed E-state index contributed by atoms with van der Waals surface area (Å²) in [7, 11) is 1.08. The normalized spacial score (nSPS) is 32.6. The third kappa shape index (κ3) is 2.86. The van der Waals surface area contributed by atoms with Gasteiger partial charge in [-0.2, -0.15) is 0 Å². The number of nitrogens with one attached hydrogen (secondary N) is 1. The standard InChI is InChI=1S/C12H15N3O8/c1-23-10(18)8-2-11(14(19)20)5-12(3-8,15(21)22)7-13(6-11)4-9(16)17/h2H,3-7H2,1H3,(H,16,17)/t11-,12+/m1/s1. The molecule has 0 aromatic rings. The van der Waals surface area contributed by atoms with Crippen molar-refractivity contribution in [1.82, 2.24) is 0 Å². The molecule has 0 amide bonds. The Balaban J connectivity index is 2.54. The predicted octanol–water partition coefficient (Wildman–Crippen LogP) is -3.44. The van der Waals surface area contributed by atoms with E-state index in [1.807, 2.05) is 0 Å². The van der Waals surface area contributed by atoms with E-state index in [1.165, 1.54) is 0 Å². The third-order valence-electron chi connectivity index (χ3n) is 4.33. The smallest absolute Gasteiger partial charge is 0.333 e. The number of carboxylic acid groups (broad SMARTS) is 1. The molecule has 1 aliphatic carbocycles. The highest BCUT2D eigenvalue weighted by molar-refractivity contribution is 5.89. The van der Waals surface area contributed by atoms with Crippen molar-refractivity contribution in [2.24, 2.45) is 0 Å². The molecule has 11 nitrogen and oxygen atoms in total. The van der Waals surface area contributed by atoms with Gasteiger partial charge in [0, 0.05) is 21.5 Å². The molecule has 1 N–H and O–H groups in total. The minimum atomic E-state index is -1.88. The second-order valence-electron chi connectivity index (χ2n) is 6.01. The zero-order valence-electron chi connectivity index (χ0n) is 12.3. The summed E-state index contributed by atoms with van der Waals surface area (Å²) in [6.07, 6.45) is 0.352. The van der Waals surface area contributed by atoms with Gasteiger partial charge in [0.15, 0.2) is 6.54 Å². The van der Waals surface area contributed by atoms with Crippen LogP contribution in [0.3, 0.4) is 0 Å². The fourth-order valence-electron chi connectivity index (χ4n) is 3.58. The van der Waals surface area contributed by atoms with E-state index in [0.717, 1.165) is 13.2 Å². The average molecular weight is 329 g/mol. The molecule has 1 aliphatic heterocycles. The largest absolute Gasteiger partial charge is 0.544 e. The van der Waals surface area contributed by atoms with Gasteiger partial charge < -0.3 is 19.5 Å². The summed E-state index contributed by atoms with van der Waals surface area (Å²) in [6, 6.07) is 0. The molecule has 0 spiro atoms. The molecule has 2 bridgehead atoms. The van der Waals surface area contributed by atoms with Gasteiger partial charge in [0.2, 0.25) is 0 Å². The lowest BCUT2D eigenvalue weighted by Crippen LogP contribution is -3.19. The molecule has 1 fully saturated rings. The maximum Gasteiger partial charge on any atom is 0.333 e. The first-order valence-corrected chi connectivity index (χ1v) is 6.77. The number of esters is 1. The summed E-state index contributed by atoms with van der Waals surface area (Å²) < 4.78 is 4.53. The number of hydrogen-bond donors (Lipinski definition) is 1. The first-order chi connectivity index (χ1) is 10.6. The fraction of sp³-hybridized carbons (Fsp3) is 0.667. The van der Waals surface area contributed by atoms with Gasteiger partial charge in [0.05, 0.1) is 19.5 Å². The maximum atomic E-state index is 11.7. The number of carboxylic acids is 1. The number of carbonyl (C=O) groups is 2. The van der Waals surface area contributed by atoms with Crippen molar-refractivity contribution in [2.45, 2.75) is 23.9 Å². The number of likely N-dealkylation sites (tertiary alicyclic amines) is 1. The van der Waals surface area contributed by atoms with Crippen LogP contribution in [0.5, 0.6) is 0 Å². The number of quaternary nitrogens is 1. The van der Waals surface area contributed by atoms with Crippen molar-refractivity contribution in [2.75, 3.05) is 26.7 Å². The molecular formula is C12H15N3O8. The summed E-state index contributed by atoms with van der Waals surface area (Å²) in [5.74, 6) is -2.31. The van der Waals surface area contributed by atoms with E-state index in [2.05, 4.69) is 4.74 Å². The van der Waals surface area contributed by atoms with Crippen LogP contribution in [0.25, 0.3) is 0 Å². The summed E-state index contributed by atoms with van der Waals surface area (Å²) in [5.41, 5.74) is -3.79. The average Bonchev–Trinajstić information content (AvgIpc) is 2.44. The SMILES string of the molecule is COC(=O)C1=C[C@]2([N+](=O)[O-])C[NH+](CC(=O)[O-])C[C@]([N+](=O)[O-])(C1)C2. The number of carbonyl (C=O) groups excluding carboxylic acids is 2. The minimum absolute atomic E-state index is 0.125. The fourth-order valence-corrected chi connectivity index (χ4v) is 3.58. The number of aliphatic carboxylic acids is 1. The zero-order chi connectivity index (χ0) is 17.4. The molecule has 23 heavy (non-hydrogen) atoms. The van der Waals surface area contributed by atoms with Crippen molar-refractivity contribution in [3.63, 3.8) is 0 Å². The van der Waals surface area contributed by atoms with Crippen molar-refractivity contribution >= 4 is 11.9 Å². The Hall–Kier alpha value is -2.56. The van der Waals surface area contributed by atoms with Crippen LogP contribution >= 0.6 is 0 Å². The summed E-state index contributed by atoms with van der Waals surface area (Å²) in [5, 5.41) is 33.9. The Labute approximate surface area is 129 Å². The highest BCUT2D eigenvalue weighted by Gasteiger charge is 2.67. The lowest BCUT2D eigenvalue weighted by molar-refractivity contribution is -0.938. The Bertz CT molecular complexity index is 617. The second kappa shape index (κ2) is 5.57. The number of ether oxygens (including phenoxy) is 1. The second-order valence-corrected chi connectivity index (χ2v) is 6.01. The van der Waals surface area contributed by atoms with Gasteiger partial charge in [-0.15, -0.1) is 0 Å². The summed E-state index contributed by atoms with van der Waals surface area (Å²) in [4.78, 5) is 44.5. The first kappa shape index (κ1) is 16.8. The van der Waals surface area contributed by atoms with E-state index in [4.69, 9.17) is 0 Å². The minimum Gasteiger partial charge on any atom is -0.544 e. The zero-order valence-corrected chi connectivity index (χ0v) is 12.3. The van der Waals surface area contributed by atoms with Crippen molar-refractivity contribution in [1.29, 1.82) is 0 Å². The number of methoxy groups -OCH3 is 1. The molecule has 1 heterocycles. The van der Waals surface area contributed by atoms with E-state index in [-0.39, 0.29) is 30.0 Å². The number of nitrogens with zero attached hydrogens (tertiary/aromatic N) is 2. The van der Waals surface area contributed by atoms with Gasteiger partial charge in [0.1, 0.15) is 19.5 Å². The van der Waals surface area contributed by atoms with Crippen molar-refractivity contribution < 1.29 is 34.2 Å². The van der Waals surface area contributed by atoms with E-state index in [1.54, 1.807) is 0 Å². The maximum absolute atomic E-state index is 11.7. The van der Waals surface area contributed by atoms with Gasteiger partial charge in [0.25, 0.3) is 11.1 Å². The Kier molecular flexibility index (Phi) is 4.07. The number of hydrogen-bond acceptors (Lipinski definition) is 8. The lowest BCUT2D eigenvalue weighted by atomic mass is 9.69. The van der Waals surface area contributed by atoms with Gasteiger partial charge in [-0.3, -0.25) is 20.2 Å². The van der Waals surface area contributed by atoms with Gasteiger partial charge in [-0.05, 0) is 0 Å². The van der Waals surface area contributed by atoms with Crippen LogP contribution in [-0.2, 0) is 14.3 Å². The highest BCUT2D eigenvalue weighted by Crippen LogP contribution is 2.39. The molecule has 0 saturated carbocycles. The first-order valence-electron chi connectivity index (χ1n) is 6.77. The van der Waals surface area contributed by atoms with Gasteiger partial charge >= 0.3 is 5.97 Å². The molecule has 2 rings (SSSR count). The lowest BCUT2D eigenvalue weighted by Gasteiger charge is -2.42.